The van der Waals surface area contributed by atoms with Crippen molar-refractivity contribution >= 4 is 16.9 Å². The summed E-state index contributed by atoms with van der Waals surface area (Å²) in [6.45, 7) is 2.67. The van der Waals surface area contributed by atoms with Crippen LogP contribution >= 0.6 is 0 Å². The summed E-state index contributed by atoms with van der Waals surface area (Å²) >= 11 is 0. The number of rotatable bonds is 2. The minimum atomic E-state index is -0.273. The van der Waals surface area contributed by atoms with Crippen molar-refractivity contribution in [3.63, 3.8) is 0 Å². The lowest BCUT2D eigenvalue weighted by Crippen LogP contribution is -2.31. The molecule has 0 radical (unpaired) electrons. The second kappa shape index (κ2) is 5.70. The topological polar surface area (TPSA) is 61.9 Å². The minimum Gasteiger partial charge on any atom is -0.330 e. The summed E-state index contributed by atoms with van der Waals surface area (Å²) in [7, 11) is 0. The van der Waals surface area contributed by atoms with Gasteiger partial charge in [-0.05, 0) is 30.5 Å². The van der Waals surface area contributed by atoms with Gasteiger partial charge in [0.05, 0.1) is 11.4 Å². The Kier molecular flexibility index (Phi) is 3.52. The van der Waals surface area contributed by atoms with Crippen LogP contribution in [-0.2, 0) is 0 Å². The molecule has 5 nitrogen and oxygen atoms in total. The molecule has 4 rings (SSSR count). The number of nitrogens with one attached hydrogen (secondary N) is 1. The molecule has 1 aliphatic heterocycles. The zero-order valence-electron chi connectivity index (χ0n) is 13.2. The Hall–Kier alpha value is -2.76. The molecule has 0 bridgehead atoms. The first kappa shape index (κ1) is 14.8. The van der Waals surface area contributed by atoms with E-state index in [2.05, 4.69) is 22.1 Å². The average molecular weight is 324 g/mol. The smallest absolute Gasteiger partial charge is 0.273 e. The number of nitrogens with zero attached hydrogens (tertiary/aromatic N) is 3. The fourth-order valence-electron chi connectivity index (χ4n) is 3.47. The first-order valence-corrected chi connectivity index (χ1v) is 7.99. The summed E-state index contributed by atoms with van der Waals surface area (Å²) in [4.78, 5) is 19.0. The van der Waals surface area contributed by atoms with Gasteiger partial charge in [0.15, 0.2) is 5.65 Å². The minimum absolute atomic E-state index is 0.164. The molecule has 0 aliphatic carbocycles. The molecule has 1 amide bonds. The number of aromatic nitrogens is 3. The molecular formula is C18H17FN4O. The summed E-state index contributed by atoms with van der Waals surface area (Å²) in [6, 6.07) is 9.99. The van der Waals surface area contributed by atoms with E-state index >= 15 is 0 Å². The first-order chi connectivity index (χ1) is 11.6. The number of carbonyl (C=O) groups is 1. The standard InChI is InChI=1S/C18H17FN4O/c1-11-9-15(12-5-2-3-7-14(12)19)23(10-11)18(24)16-13-6-4-8-20-17(13)22-21-16/h2-8,11,15H,9-10H2,1H3,(H,20,21,22). The van der Waals surface area contributed by atoms with Gasteiger partial charge in [-0.15, -0.1) is 0 Å². The van der Waals surface area contributed by atoms with Crippen molar-refractivity contribution in [3.8, 4) is 0 Å². The third-order valence-corrected chi connectivity index (χ3v) is 4.58. The second-order valence-electron chi connectivity index (χ2n) is 6.31. The van der Waals surface area contributed by atoms with Crippen LogP contribution in [-0.4, -0.2) is 32.5 Å². The van der Waals surface area contributed by atoms with Crippen LogP contribution in [0.5, 0.6) is 0 Å². The maximum absolute atomic E-state index is 14.2. The van der Waals surface area contributed by atoms with E-state index in [9.17, 15) is 9.18 Å². The van der Waals surface area contributed by atoms with E-state index in [-0.39, 0.29) is 17.8 Å². The van der Waals surface area contributed by atoms with E-state index in [0.29, 0.717) is 34.8 Å². The highest BCUT2D eigenvalue weighted by Gasteiger charge is 2.37. The lowest BCUT2D eigenvalue weighted by Gasteiger charge is -2.25. The molecule has 24 heavy (non-hydrogen) atoms. The molecule has 1 aliphatic rings. The molecule has 0 spiro atoms. The maximum atomic E-state index is 14.2. The number of benzene rings is 1. The Bertz CT molecular complexity index is 907. The van der Waals surface area contributed by atoms with E-state index in [1.54, 1.807) is 35.4 Å². The van der Waals surface area contributed by atoms with Crippen LogP contribution in [0.25, 0.3) is 11.0 Å². The third-order valence-electron chi connectivity index (χ3n) is 4.58. The Morgan fingerprint density at radius 3 is 2.96 bits per heavy atom. The molecular weight excluding hydrogens is 307 g/mol. The van der Waals surface area contributed by atoms with E-state index < -0.39 is 0 Å². The van der Waals surface area contributed by atoms with Gasteiger partial charge in [-0.1, -0.05) is 25.1 Å². The SMILES string of the molecule is CC1CC(c2ccccc2F)N(C(=O)c2[nH]nc3ncccc23)C1. The Morgan fingerprint density at radius 2 is 2.12 bits per heavy atom. The molecule has 0 saturated carbocycles. The average Bonchev–Trinajstić information content (AvgIpc) is 3.18. The Balaban J connectivity index is 1.74. The molecule has 6 heteroatoms. The molecule has 3 heterocycles. The van der Waals surface area contributed by atoms with Gasteiger partial charge in [0.25, 0.3) is 5.91 Å². The summed E-state index contributed by atoms with van der Waals surface area (Å²) < 4.78 is 14.2. The quantitative estimate of drug-likeness (QED) is 0.786. The van der Waals surface area contributed by atoms with Crippen molar-refractivity contribution in [1.29, 1.82) is 0 Å². The molecule has 3 aromatic rings. The number of fused-ring (bicyclic) bond motifs is 1. The van der Waals surface area contributed by atoms with Gasteiger partial charge < -0.3 is 4.90 Å². The van der Waals surface area contributed by atoms with Crippen LogP contribution in [0.3, 0.4) is 0 Å². The third kappa shape index (κ3) is 2.35. The molecule has 2 aromatic heterocycles. The van der Waals surface area contributed by atoms with E-state index in [4.69, 9.17) is 0 Å². The summed E-state index contributed by atoms with van der Waals surface area (Å²) in [5, 5.41) is 7.57. The predicted molar refractivity (Wildman–Crippen MR) is 87.8 cm³/mol. The van der Waals surface area contributed by atoms with E-state index in [0.717, 1.165) is 6.42 Å². The first-order valence-electron chi connectivity index (χ1n) is 7.99. The number of halogens is 1. The van der Waals surface area contributed by atoms with Crippen molar-refractivity contribution < 1.29 is 9.18 Å². The highest BCUT2D eigenvalue weighted by molar-refractivity contribution is 6.04. The van der Waals surface area contributed by atoms with Crippen LogP contribution in [0.1, 0.15) is 35.4 Å². The van der Waals surface area contributed by atoms with Gasteiger partial charge >= 0.3 is 0 Å². The highest BCUT2D eigenvalue weighted by Crippen LogP contribution is 2.37. The fraction of sp³-hybridized carbons (Fsp3) is 0.278. The zero-order chi connectivity index (χ0) is 16.7. The number of likely N-dealkylation sites (tertiary alicyclic amines) is 1. The Labute approximate surface area is 138 Å². The van der Waals surface area contributed by atoms with Crippen molar-refractivity contribution in [3.05, 3.63) is 59.7 Å². The summed E-state index contributed by atoms with van der Waals surface area (Å²) in [5.74, 6) is -0.125. The monoisotopic (exact) mass is 324 g/mol. The molecule has 2 unspecified atom stereocenters. The molecule has 1 saturated heterocycles. The van der Waals surface area contributed by atoms with Crippen molar-refractivity contribution in [1.82, 2.24) is 20.1 Å². The molecule has 122 valence electrons. The number of hydrogen-bond acceptors (Lipinski definition) is 3. The van der Waals surface area contributed by atoms with Crippen LogP contribution in [0.2, 0.25) is 0 Å². The fourth-order valence-corrected chi connectivity index (χ4v) is 3.47. The second-order valence-corrected chi connectivity index (χ2v) is 6.31. The highest BCUT2D eigenvalue weighted by atomic mass is 19.1. The van der Waals surface area contributed by atoms with Gasteiger partial charge in [-0.25, -0.2) is 9.37 Å². The van der Waals surface area contributed by atoms with Gasteiger partial charge in [0, 0.05) is 18.3 Å². The number of aromatic amines is 1. The Morgan fingerprint density at radius 1 is 1.29 bits per heavy atom. The van der Waals surface area contributed by atoms with Gasteiger partial charge in [-0.3, -0.25) is 9.89 Å². The molecule has 1 aromatic carbocycles. The van der Waals surface area contributed by atoms with Crippen LogP contribution in [0, 0.1) is 11.7 Å². The largest absolute Gasteiger partial charge is 0.330 e. The van der Waals surface area contributed by atoms with E-state index in [1.165, 1.54) is 6.07 Å². The number of amides is 1. The number of hydrogen-bond donors (Lipinski definition) is 1. The van der Waals surface area contributed by atoms with Crippen molar-refractivity contribution in [2.75, 3.05) is 6.54 Å². The normalized spacial score (nSPS) is 20.7. The summed E-state index contributed by atoms with van der Waals surface area (Å²) in [6.07, 6.45) is 2.38. The lowest BCUT2D eigenvalue weighted by atomic mass is 10.0. The number of H-pyrrole nitrogens is 1. The zero-order valence-corrected chi connectivity index (χ0v) is 13.2. The number of carbonyl (C=O) groups excluding carboxylic acids is 1. The van der Waals surface area contributed by atoms with Gasteiger partial charge in [0.2, 0.25) is 0 Å². The summed E-state index contributed by atoms with van der Waals surface area (Å²) in [5.41, 5.74) is 1.49. The van der Waals surface area contributed by atoms with Crippen molar-refractivity contribution in [2.24, 2.45) is 5.92 Å². The molecule has 1 N–H and O–H groups in total. The van der Waals surface area contributed by atoms with E-state index in [1.807, 2.05) is 6.07 Å². The van der Waals surface area contributed by atoms with Gasteiger partial charge in [-0.2, -0.15) is 5.10 Å². The molecule has 1 fully saturated rings. The van der Waals surface area contributed by atoms with Crippen LogP contribution in [0.4, 0.5) is 4.39 Å². The van der Waals surface area contributed by atoms with Crippen LogP contribution < -0.4 is 0 Å². The molecule has 2 atom stereocenters. The predicted octanol–water partition coefficient (Wildman–Crippen LogP) is 3.32. The lowest BCUT2D eigenvalue weighted by molar-refractivity contribution is 0.0726. The van der Waals surface area contributed by atoms with Gasteiger partial charge in [0.1, 0.15) is 11.5 Å². The number of pyridine rings is 1. The van der Waals surface area contributed by atoms with Crippen LogP contribution in [0.15, 0.2) is 42.6 Å². The maximum Gasteiger partial charge on any atom is 0.273 e. The van der Waals surface area contributed by atoms with Crippen molar-refractivity contribution in [2.45, 2.75) is 19.4 Å².